The average molecular weight is 331 g/mol. The number of ether oxygens (including phenoxy) is 1. The minimum atomic E-state index is -0.193. The minimum absolute atomic E-state index is 0.0236. The van der Waals surface area contributed by atoms with Gasteiger partial charge in [0.15, 0.2) is 0 Å². The van der Waals surface area contributed by atoms with E-state index in [0.29, 0.717) is 25.9 Å². The standard InChI is InChI=1S/C20H29NO3/c1-2-3-6-15-24-20(23)14-8-13-19(22)21-18-12-7-10-16-9-4-5-11-17(16)18/h4-5,9,11,18H,2-3,6-8,10,12-15H2,1H3,(H,21,22). The first-order valence-electron chi connectivity index (χ1n) is 9.23. The third kappa shape index (κ3) is 5.99. The fourth-order valence-corrected chi connectivity index (χ4v) is 3.17. The van der Waals surface area contributed by atoms with E-state index in [9.17, 15) is 9.59 Å². The lowest BCUT2D eigenvalue weighted by Gasteiger charge is -2.26. The molecule has 0 heterocycles. The number of hydrogen-bond donors (Lipinski definition) is 1. The van der Waals surface area contributed by atoms with Gasteiger partial charge in [-0.15, -0.1) is 0 Å². The first-order valence-corrected chi connectivity index (χ1v) is 9.23. The van der Waals surface area contributed by atoms with Gasteiger partial charge >= 0.3 is 5.97 Å². The fourth-order valence-electron chi connectivity index (χ4n) is 3.17. The number of esters is 1. The first-order chi connectivity index (χ1) is 11.7. The number of fused-ring (bicyclic) bond motifs is 1. The molecular weight excluding hydrogens is 302 g/mol. The number of unbranched alkanes of at least 4 members (excludes halogenated alkanes) is 2. The second-order valence-corrected chi connectivity index (χ2v) is 6.49. The number of carbonyl (C=O) groups is 2. The van der Waals surface area contributed by atoms with Crippen LogP contribution in [0.25, 0.3) is 0 Å². The molecule has 0 saturated heterocycles. The molecule has 1 unspecified atom stereocenters. The molecule has 4 nitrogen and oxygen atoms in total. The molecule has 132 valence electrons. The summed E-state index contributed by atoms with van der Waals surface area (Å²) < 4.78 is 5.15. The molecular formula is C20H29NO3. The van der Waals surface area contributed by atoms with Gasteiger partial charge in [-0.25, -0.2) is 0 Å². The van der Waals surface area contributed by atoms with Crippen LogP contribution in [0, 0.1) is 0 Å². The van der Waals surface area contributed by atoms with Crippen molar-refractivity contribution in [3.8, 4) is 0 Å². The van der Waals surface area contributed by atoms with E-state index in [1.54, 1.807) is 0 Å². The van der Waals surface area contributed by atoms with Crippen LogP contribution in [0.2, 0.25) is 0 Å². The summed E-state index contributed by atoms with van der Waals surface area (Å²) in [4.78, 5) is 23.7. The number of carbonyl (C=O) groups excluding carboxylic acids is 2. The van der Waals surface area contributed by atoms with E-state index in [-0.39, 0.29) is 17.9 Å². The minimum Gasteiger partial charge on any atom is -0.466 e. The molecule has 1 aliphatic carbocycles. The summed E-state index contributed by atoms with van der Waals surface area (Å²) in [7, 11) is 0. The predicted molar refractivity (Wildman–Crippen MR) is 94.6 cm³/mol. The molecule has 0 aromatic heterocycles. The maximum atomic E-state index is 12.1. The molecule has 2 rings (SSSR count). The SMILES string of the molecule is CCCCCOC(=O)CCCC(=O)NC1CCCc2ccccc21. The van der Waals surface area contributed by atoms with Gasteiger partial charge in [-0.1, -0.05) is 44.0 Å². The van der Waals surface area contributed by atoms with Crippen molar-refractivity contribution in [2.45, 2.75) is 70.8 Å². The van der Waals surface area contributed by atoms with Gasteiger partial charge in [0.1, 0.15) is 0 Å². The summed E-state index contributed by atoms with van der Waals surface area (Å²) >= 11 is 0. The zero-order valence-electron chi connectivity index (χ0n) is 14.7. The van der Waals surface area contributed by atoms with Crippen LogP contribution in [0.3, 0.4) is 0 Å². The summed E-state index contributed by atoms with van der Waals surface area (Å²) in [5.41, 5.74) is 2.58. The zero-order chi connectivity index (χ0) is 17.2. The van der Waals surface area contributed by atoms with Crippen LogP contribution in [0.1, 0.15) is 75.5 Å². The maximum Gasteiger partial charge on any atom is 0.305 e. The van der Waals surface area contributed by atoms with Gasteiger partial charge in [-0.2, -0.15) is 0 Å². The van der Waals surface area contributed by atoms with Crippen molar-refractivity contribution < 1.29 is 14.3 Å². The molecule has 24 heavy (non-hydrogen) atoms. The number of benzene rings is 1. The smallest absolute Gasteiger partial charge is 0.305 e. The summed E-state index contributed by atoms with van der Waals surface area (Å²) in [6.45, 7) is 2.61. The molecule has 1 amide bonds. The van der Waals surface area contributed by atoms with Crippen LogP contribution in [-0.2, 0) is 20.7 Å². The molecule has 1 aromatic carbocycles. The molecule has 0 saturated carbocycles. The van der Waals surface area contributed by atoms with E-state index in [4.69, 9.17) is 4.74 Å². The van der Waals surface area contributed by atoms with Gasteiger partial charge in [-0.3, -0.25) is 9.59 Å². The van der Waals surface area contributed by atoms with Gasteiger partial charge in [0.2, 0.25) is 5.91 Å². The van der Waals surface area contributed by atoms with E-state index in [0.717, 1.165) is 38.5 Å². The lowest BCUT2D eigenvalue weighted by atomic mass is 9.87. The normalized spacial score (nSPS) is 16.3. The van der Waals surface area contributed by atoms with Crippen LogP contribution in [-0.4, -0.2) is 18.5 Å². The summed E-state index contributed by atoms with van der Waals surface area (Å²) in [5, 5.41) is 3.12. The predicted octanol–water partition coefficient (Wildman–Crippen LogP) is 4.08. The second kappa shape index (κ2) is 10.1. The topological polar surface area (TPSA) is 55.4 Å². The van der Waals surface area contributed by atoms with Crippen molar-refractivity contribution in [1.29, 1.82) is 0 Å². The lowest BCUT2D eigenvalue weighted by Crippen LogP contribution is -2.30. The number of rotatable bonds is 9. The Morgan fingerprint density at radius 2 is 2.00 bits per heavy atom. The van der Waals surface area contributed by atoms with E-state index in [1.165, 1.54) is 11.1 Å². The highest BCUT2D eigenvalue weighted by atomic mass is 16.5. The van der Waals surface area contributed by atoms with Gasteiger partial charge in [0, 0.05) is 12.8 Å². The number of aryl methyl sites for hydroxylation is 1. The van der Waals surface area contributed by atoms with Gasteiger partial charge in [-0.05, 0) is 43.2 Å². The molecule has 0 radical (unpaired) electrons. The number of hydrogen-bond acceptors (Lipinski definition) is 3. The highest BCUT2D eigenvalue weighted by molar-refractivity contribution is 5.77. The molecule has 1 aromatic rings. The Labute approximate surface area is 145 Å². The van der Waals surface area contributed by atoms with Crippen molar-refractivity contribution in [2.24, 2.45) is 0 Å². The lowest BCUT2D eigenvalue weighted by molar-refractivity contribution is -0.143. The maximum absolute atomic E-state index is 12.1. The molecule has 1 aliphatic rings. The van der Waals surface area contributed by atoms with Crippen molar-refractivity contribution in [3.05, 3.63) is 35.4 Å². The van der Waals surface area contributed by atoms with Gasteiger partial charge < -0.3 is 10.1 Å². The van der Waals surface area contributed by atoms with Crippen LogP contribution in [0.4, 0.5) is 0 Å². The molecule has 1 N–H and O–H groups in total. The van der Waals surface area contributed by atoms with Gasteiger partial charge in [0.05, 0.1) is 12.6 Å². The quantitative estimate of drug-likeness (QED) is 0.548. The van der Waals surface area contributed by atoms with Crippen LogP contribution < -0.4 is 5.32 Å². The first kappa shape index (κ1) is 18.5. The van der Waals surface area contributed by atoms with E-state index in [1.807, 2.05) is 6.07 Å². The average Bonchev–Trinajstić information content (AvgIpc) is 2.59. The number of nitrogens with one attached hydrogen (secondary N) is 1. The third-order valence-electron chi connectivity index (χ3n) is 4.50. The Balaban J connectivity index is 1.66. The molecule has 1 atom stereocenters. The third-order valence-corrected chi connectivity index (χ3v) is 4.50. The summed E-state index contributed by atoms with van der Waals surface area (Å²) in [5.74, 6) is -0.169. The molecule has 0 spiro atoms. The van der Waals surface area contributed by atoms with Crippen LogP contribution >= 0.6 is 0 Å². The largest absolute Gasteiger partial charge is 0.466 e. The van der Waals surface area contributed by atoms with Crippen LogP contribution in [0.15, 0.2) is 24.3 Å². The van der Waals surface area contributed by atoms with Crippen molar-refractivity contribution in [1.82, 2.24) is 5.32 Å². The summed E-state index contributed by atoms with van der Waals surface area (Å²) in [6.07, 6.45) is 7.54. The van der Waals surface area contributed by atoms with Crippen molar-refractivity contribution in [2.75, 3.05) is 6.61 Å². The monoisotopic (exact) mass is 331 g/mol. The van der Waals surface area contributed by atoms with Gasteiger partial charge in [0.25, 0.3) is 0 Å². The molecule has 4 heteroatoms. The Bertz CT molecular complexity index is 541. The molecule has 0 aliphatic heterocycles. The second-order valence-electron chi connectivity index (χ2n) is 6.49. The Morgan fingerprint density at radius 3 is 2.83 bits per heavy atom. The van der Waals surface area contributed by atoms with E-state index in [2.05, 4.69) is 30.4 Å². The summed E-state index contributed by atoms with van der Waals surface area (Å²) in [6, 6.07) is 8.44. The van der Waals surface area contributed by atoms with Crippen molar-refractivity contribution >= 4 is 11.9 Å². The Morgan fingerprint density at radius 1 is 1.17 bits per heavy atom. The van der Waals surface area contributed by atoms with E-state index >= 15 is 0 Å². The number of amides is 1. The zero-order valence-corrected chi connectivity index (χ0v) is 14.7. The highest BCUT2D eigenvalue weighted by Gasteiger charge is 2.21. The fraction of sp³-hybridized carbons (Fsp3) is 0.600. The molecule has 0 fully saturated rings. The Kier molecular flexibility index (Phi) is 7.80. The van der Waals surface area contributed by atoms with Crippen molar-refractivity contribution in [3.63, 3.8) is 0 Å². The highest BCUT2D eigenvalue weighted by Crippen LogP contribution is 2.29. The Hall–Kier alpha value is -1.84. The van der Waals surface area contributed by atoms with E-state index < -0.39 is 0 Å². The molecule has 0 bridgehead atoms. The van der Waals surface area contributed by atoms with Crippen LogP contribution in [0.5, 0.6) is 0 Å².